The van der Waals surface area contributed by atoms with Gasteiger partial charge in [0, 0.05) is 4.90 Å². The first-order chi connectivity index (χ1) is 7.93. The number of hydrogen-bond donors (Lipinski definition) is 0. The minimum atomic E-state index is -0.670. The Hall–Kier alpha value is -0.670. The fourth-order valence-electron chi connectivity index (χ4n) is 1.48. The van der Waals surface area contributed by atoms with Crippen LogP contribution in [0.5, 0.6) is 0 Å². The zero-order valence-electron chi connectivity index (χ0n) is 10.5. The van der Waals surface area contributed by atoms with Crippen molar-refractivity contribution < 1.29 is 9.53 Å². The van der Waals surface area contributed by atoms with Gasteiger partial charge in [-0.2, -0.15) is 0 Å². The normalized spacial score (nSPS) is 11.4. The predicted molar refractivity (Wildman–Crippen MR) is 72.9 cm³/mol. The van der Waals surface area contributed by atoms with Crippen molar-refractivity contribution in [1.29, 1.82) is 0 Å². The highest BCUT2D eigenvalue weighted by atomic mass is 35.5. The highest BCUT2D eigenvalue weighted by molar-refractivity contribution is 7.98. The Balaban J connectivity index is 3.07. The summed E-state index contributed by atoms with van der Waals surface area (Å²) in [5.74, 6) is -0.229. The molecule has 0 amide bonds. The number of benzene rings is 1. The van der Waals surface area contributed by atoms with E-state index in [-0.39, 0.29) is 5.97 Å². The van der Waals surface area contributed by atoms with Gasteiger partial charge < -0.3 is 4.74 Å². The molecule has 0 atom stereocenters. The molecule has 0 spiro atoms. The molecule has 0 aliphatic carbocycles. The Kier molecular flexibility index (Phi) is 4.90. The molecule has 0 aliphatic rings. The van der Waals surface area contributed by atoms with Crippen LogP contribution in [-0.2, 0) is 14.9 Å². The minimum Gasteiger partial charge on any atom is -0.465 e. The molecule has 0 saturated heterocycles. The van der Waals surface area contributed by atoms with Crippen LogP contribution in [0.25, 0.3) is 0 Å². The van der Waals surface area contributed by atoms with Crippen LogP contribution in [0.15, 0.2) is 23.1 Å². The van der Waals surface area contributed by atoms with E-state index in [0.717, 1.165) is 10.5 Å². The van der Waals surface area contributed by atoms with Crippen LogP contribution in [0.1, 0.15) is 26.3 Å². The predicted octanol–water partition coefficient (Wildman–Crippen LogP) is 3.90. The quantitative estimate of drug-likeness (QED) is 0.614. The van der Waals surface area contributed by atoms with Gasteiger partial charge in [0.05, 0.1) is 17.0 Å². The van der Waals surface area contributed by atoms with E-state index in [1.54, 1.807) is 18.7 Å². The molecule has 2 nitrogen and oxygen atoms in total. The molecule has 1 rings (SSSR count). The molecule has 1 aromatic carbocycles. The monoisotopic (exact) mass is 272 g/mol. The van der Waals surface area contributed by atoms with Crippen molar-refractivity contribution in [3.8, 4) is 0 Å². The molecule has 0 radical (unpaired) electrons. The lowest BCUT2D eigenvalue weighted by Crippen LogP contribution is -2.31. The fraction of sp³-hybridized carbons (Fsp3) is 0.462. The van der Waals surface area contributed by atoms with Crippen LogP contribution < -0.4 is 0 Å². The lowest BCUT2D eigenvalue weighted by atomic mass is 9.85. The molecule has 0 N–H and O–H groups in total. The second kappa shape index (κ2) is 5.78. The van der Waals surface area contributed by atoms with Gasteiger partial charge in [-0.05, 0) is 44.7 Å². The fourth-order valence-corrected chi connectivity index (χ4v) is 2.35. The zero-order chi connectivity index (χ0) is 13.1. The van der Waals surface area contributed by atoms with Gasteiger partial charge in [-0.3, -0.25) is 4.79 Å². The van der Waals surface area contributed by atoms with Gasteiger partial charge in [0.15, 0.2) is 0 Å². The smallest absolute Gasteiger partial charge is 0.315 e. The van der Waals surface area contributed by atoms with Gasteiger partial charge in [0.25, 0.3) is 0 Å². The zero-order valence-corrected chi connectivity index (χ0v) is 12.1. The standard InChI is InChI=1S/C13H17ClO2S/c1-5-16-12(15)13(2,3)9-6-7-11(17-4)10(14)8-9/h6-8H,5H2,1-4H3. The summed E-state index contributed by atoms with van der Waals surface area (Å²) < 4.78 is 5.07. The summed E-state index contributed by atoms with van der Waals surface area (Å²) in [5, 5.41) is 0.673. The third kappa shape index (κ3) is 3.17. The molecule has 0 heterocycles. The SMILES string of the molecule is CCOC(=O)C(C)(C)c1ccc(SC)c(Cl)c1. The van der Waals surface area contributed by atoms with Crippen LogP contribution >= 0.6 is 23.4 Å². The van der Waals surface area contributed by atoms with E-state index in [9.17, 15) is 4.79 Å². The van der Waals surface area contributed by atoms with Crippen molar-refractivity contribution in [3.63, 3.8) is 0 Å². The van der Waals surface area contributed by atoms with Crippen LogP contribution in [0.4, 0.5) is 0 Å². The highest BCUT2D eigenvalue weighted by Gasteiger charge is 2.31. The third-order valence-corrected chi connectivity index (χ3v) is 3.88. The maximum atomic E-state index is 11.9. The van der Waals surface area contributed by atoms with Crippen LogP contribution in [0.2, 0.25) is 5.02 Å². The van der Waals surface area contributed by atoms with Crippen molar-refractivity contribution in [1.82, 2.24) is 0 Å². The van der Waals surface area contributed by atoms with Crippen LogP contribution in [-0.4, -0.2) is 18.8 Å². The Morgan fingerprint density at radius 2 is 2.12 bits per heavy atom. The van der Waals surface area contributed by atoms with E-state index in [2.05, 4.69) is 0 Å². The Morgan fingerprint density at radius 3 is 2.59 bits per heavy atom. The second-order valence-corrected chi connectivity index (χ2v) is 5.45. The van der Waals surface area contributed by atoms with E-state index in [1.165, 1.54) is 0 Å². The first-order valence-electron chi connectivity index (χ1n) is 5.44. The number of thioether (sulfide) groups is 1. The van der Waals surface area contributed by atoms with Crippen molar-refractivity contribution in [2.45, 2.75) is 31.1 Å². The van der Waals surface area contributed by atoms with Crippen molar-refractivity contribution >= 4 is 29.3 Å². The Labute approximate surface area is 112 Å². The first kappa shape index (κ1) is 14.4. The summed E-state index contributed by atoms with van der Waals surface area (Å²) in [7, 11) is 0. The average molecular weight is 273 g/mol. The molecule has 17 heavy (non-hydrogen) atoms. The third-order valence-electron chi connectivity index (χ3n) is 2.66. The van der Waals surface area contributed by atoms with E-state index in [0.29, 0.717) is 11.6 Å². The molecule has 0 aliphatic heterocycles. The number of esters is 1. The molecule has 0 bridgehead atoms. The Bertz CT molecular complexity index is 416. The topological polar surface area (TPSA) is 26.3 Å². The minimum absolute atomic E-state index is 0.229. The number of rotatable bonds is 4. The Morgan fingerprint density at radius 1 is 1.47 bits per heavy atom. The largest absolute Gasteiger partial charge is 0.465 e. The lowest BCUT2D eigenvalue weighted by molar-refractivity contribution is -0.148. The molecular weight excluding hydrogens is 256 g/mol. The lowest BCUT2D eigenvalue weighted by Gasteiger charge is -2.23. The molecule has 4 heteroatoms. The highest BCUT2D eigenvalue weighted by Crippen LogP contribution is 2.32. The number of carbonyl (C=O) groups excluding carboxylic acids is 1. The van der Waals surface area contributed by atoms with Gasteiger partial charge in [0.2, 0.25) is 0 Å². The summed E-state index contributed by atoms with van der Waals surface area (Å²) in [5.41, 5.74) is 0.204. The summed E-state index contributed by atoms with van der Waals surface area (Å²) in [6.07, 6.45) is 1.97. The van der Waals surface area contributed by atoms with Crippen molar-refractivity contribution in [3.05, 3.63) is 28.8 Å². The summed E-state index contributed by atoms with van der Waals surface area (Å²) in [6, 6.07) is 5.70. The van der Waals surface area contributed by atoms with Crippen LogP contribution in [0.3, 0.4) is 0 Å². The van der Waals surface area contributed by atoms with Gasteiger partial charge >= 0.3 is 5.97 Å². The van der Waals surface area contributed by atoms with Gasteiger partial charge in [-0.25, -0.2) is 0 Å². The number of halogens is 1. The summed E-state index contributed by atoms with van der Waals surface area (Å²) in [4.78, 5) is 12.9. The van der Waals surface area contributed by atoms with Gasteiger partial charge in [0.1, 0.15) is 0 Å². The second-order valence-electron chi connectivity index (χ2n) is 4.19. The van der Waals surface area contributed by atoms with E-state index >= 15 is 0 Å². The van der Waals surface area contributed by atoms with Crippen LogP contribution in [0, 0.1) is 0 Å². The molecular formula is C13H17ClO2S. The van der Waals surface area contributed by atoms with Gasteiger partial charge in [-0.1, -0.05) is 17.7 Å². The molecule has 0 fully saturated rings. The summed E-state index contributed by atoms with van der Waals surface area (Å²) in [6.45, 7) is 5.88. The van der Waals surface area contributed by atoms with E-state index < -0.39 is 5.41 Å². The molecule has 0 saturated carbocycles. The maximum absolute atomic E-state index is 11.9. The van der Waals surface area contributed by atoms with E-state index in [1.807, 2.05) is 38.3 Å². The van der Waals surface area contributed by atoms with Crippen molar-refractivity contribution in [2.75, 3.05) is 12.9 Å². The number of carbonyl (C=O) groups is 1. The van der Waals surface area contributed by atoms with Crippen molar-refractivity contribution in [2.24, 2.45) is 0 Å². The summed E-state index contributed by atoms with van der Waals surface area (Å²) >= 11 is 7.73. The molecule has 94 valence electrons. The first-order valence-corrected chi connectivity index (χ1v) is 7.05. The van der Waals surface area contributed by atoms with E-state index in [4.69, 9.17) is 16.3 Å². The number of hydrogen-bond acceptors (Lipinski definition) is 3. The molecule has 0 aromatic heterocycles. The number of ether oxygens (including phenoxy) is 1. The maximum Gasteiger partial charge on any atom is 0.315 e. The molecule has 1 aromatic rings. The van der Waals surface area contributed by atoms with Gasteiger partial charge in [-0.15, -0.1) is 11.8 Å². The molecule has 0 unspecified atom stereocenters. The average Bonchev–Trinajstić information content (AvgIpc) is 2.29.